The minimum absolute atomic E-state index is 0.145. The first kappa shape index (κ1) is 19.2. The van der Waals surface area contributed by atoms with Crippen LogP contribution in [0.4, 0.5) is 5.69 Å². The molecule has 0 spiro atoms. The van der Waals surface area contributed by atoms with Crippen LogP contribution in [-0.2, 0) is 9.53 Å². The number of esters is 1. The maximum Gasteiger partial charge on any atom is 0.338 e. The van der Waals surface area contributed by atoms with Crippen molar-refractivity contribution >= 4 is 29.3 Å². The summed E-state index contributed by atoms with van der Waals surface area (Å²) in [6.45, 7) is 2.43. The Labute approximate surface area is 161 Å². The molecule has 1 unspecified atom stereocenters. The number of nitrogens with zero attached hydrogens (tertiary/aromatic N) is 2. The molecule has 1 N–H and O–H groups in total. The molecule has 0 bridgehead atoms. The SMILES string of the molecule is CCCCOC(=O)c1ccc(NC(=O)CC2CSc3nccc(=O)n32)cc1. The molecule has 1 atom stereocenters. The summed E-state index contributed by atoms with van der Waals surface area (Å²) in [6.07, 6.45) is 3.47. The molecule has 27 heavy (non-hydrogen) atoms. The molecule has 1 aromatic carbocycles. The average Bonchev–Trinajstić information content (AvgIpc) is 3.06. The van der Waals surface area contributed by atoms with Crippen molar-refractivity contribution in [2.45, 2.75) is 37.4 Å². The number of fused-ring (bicyclic) bond motifs is 1. The number of thioether (sulfide) groups is 1. The molecular formula is C19H21N3O4S. The van der Waals surface area contributed by atoms with Crippen LogP contribution >= 0.6 is 11.8 Å². The summed E-state index contributed by atoms with van der Waals surface area (Å²) >= 11 is 1.47. The molecule has 1 aromatic heterocycles. The van der Waals surface area contributed by atoms with Gasteiger partial charge in [0.1, 0.15) is 0 Å². The van der Waals surface area contributed by atoms with Gasteiger partial charge < -0.3 is 10.1 Å². The van der Waals surface area contributed by atoms with Gasteiger partial charge in [0.25, 0.3) is 5.56 Å². The zero-order valence-electron chi connectivity index (χ0n) is 15.0. The number of hydrogen-bond donors (Lipinski definition) is 1. The van der Waals surface area contributed by atoms with Crippen molar-refractivity contribution in [2.24, 2.45) is 0 Å². The number of carbonyl (C=O) groups excluding carboxylic acids is 2. The third-order valence-corrected chi connectivity index (χ3v) is 5.28. The lowest BCUT2D eigenvalue weighted by molar-refractivity contribution is -0.116. The summed E-state index contributed by atoms with van der Waals surface area (Å²) in [5, 5.41) is 3.45. The lowest BCUT2D eigenvalue weighted by Gasteiger charge is -2.13. The summed E-state index contributed by atoms with van der Waals surface area (Å²) in [6, 6.07) is 7.77. The Morgan fingerprint density at radius 2 is 2.07 bits per heavy atom. The van der Waals surface area contributed by atoms with Crippen molar-refractivity contribution in [1.82, 2.24) is 9.55 Å². The van der Waals surface area contributed by atoms with Gasteiger partial charge in [-0.2, -0.15) is 0 Å². The molecule has 8 heteroatoms. The van der Waals surface area contributed by atoms with Crippen LogP contribution in [0.2, 0.25) is 0 Å². The second kappa shape index (κ2) is 8.85. The van der Waals surface area contributed by atoms with Gasteiger partial charge in [0, 0.05) is 30.1 Å². The van der Waals surface area contributed by atoms with E-state index in [9.17, 15) is 14.4 Å². The minimum Gasteiger partial charge on any atom is -0.462 e. The summed E-state index contributed by atoms with van der Waals surface area (Å²) in [5.74, 6) is 0.0811. The maximum atomic E-state index is 12.3. The highest BCUT2D eigenvalue weighted by Crippen LogP contribution is 2.31. The third-order valence-electron chi connectivity index (χ3n) is 4.17. The van der Waals surface area contributed by atoms with Crippen LogP contribution in [0.3, 0.4) is 0 Å². The zero-order valence-corrected chi connectivity index (χ0v) is 15.8. The number of ether oxygens (including phenoxy) is 1. The van der Waals surface area contributed by atoms with Crippen molar-refractivity contribution in [1.29, 1.82) is 0 Å². The highest BCUT2D eigenvalue weighted by Gasteiger charge is 2.26. The Hall–Kier alpha value is -2.61. The third kappa shape index (κ3) is 4.77. The van der Waals surface area contributed by atoms with Crippen LogP contribution in [0.15, 0.2) is 46.5 Å². The van der Waals surface area contributed by atoms with Gasteiger partial charge in [-0.15, -0.1) is 0 Å². The Bertz CT molecular complexity index is 879. The molecule has 0 radical (unpaired) electrons. The number of benzene rings is 1. The van der Waals surface area contributed by atoms with Gasteiger partial charge in [-0.05, 0) is 30.7 Å². The van der Waals surface area contributed by atoms with Crippen molar-refractivity contribution in [3.8, 4) is 0 Å². The van der Waals surface area contributed by atoms with E-state index in [0.29, 0.717) is 28.8 Å². The lowest BCUT2D eigenvalue weighted by atomic mass is 10.2. The normalized spacial score (nSPS) is 15.2. The topological polar surface area (TPSA) is 90.3 Å². The predicted octanol–water partition coefficient (Wildman–Crippen LogP) is 2.88. The molecule has 1 aliphatic heterocycles. The Morgan fingerprint density at radius 3 is 2.81 bits per heavy atom. The van der Waals surface area contributed by atoms with Gasteiger partial charge in [-0.3, -0.25) is 14.2 Å². The largest absolute Gasteiger partial charge is 0.462 e. The second-order valence-corrected chi connectivity index (χ2v) is 7.21. The van der Waals surface area contributed by atoms with E-state index in [-0.39, 0.29) is 29.9 Å². The number of hydrogen-bond acceptors (Lipinski definition) is 6. The highest BCUT2D eigenvalue weighted by atomic mass is 32.2. The van der Waals surface area contributed by atoms with Gasteiger partial charge in [0.15, 0.2) is 5.16 Å². The Kier molecular flexibility index (Phi) is 6.28. The highest BCUT2D eigenvalue weighted by molar-refractivity contribution is 7.99. The van der Waals surface area contributed by atoms with Gasteiger partial charge in [0.05, 0.1) is 18.2 Å². The van der Waals surface area contributed by atoms with Crippen molar-refractivity contribution in [3.63, 3.8) is 0 Å². The summed E-state index contributed by atoms with van der Waals surface area (Å²) in [4.78, 5) is 40.4. The summed E-state index contributed by atoms with van der Waals surface area (Å²) in [5.41, 5.74) is 0.895. The summed E-state index contributed by atoms with van der Waals surface area (Å²) in [7, 11) is 0. The van der Waals surface area contributed by atoms with Crippen molar-refractivity contribution < 1.29 is 14.3 Å². The maximum absolute atomic E-state index is 12.3. The molecule has 7 nitrogen and oxygen atoms in total. The number of amides is 1. The van der Waals surface area contributed by atoms with E-state index in [1.54, 1.807) is 28.8 Å². The molecule has 0 saturated heterocycles. The molecule has 1 aliphatic rings. The second-order valence-electron chi connectivity index (χ2n) is 6.22. The quantitative estimate of drug-likeness (QED) is 0.446. The molecule has 1 amide bonds. The van der Waals surface area contributed by atoms with Gasteiger partial charge in [-0.1, -0.05) is 25.1 Å². The molecule has 2 heterocycles. The van der Waals surface area contributed by atoms with Gasteiger partial charge in [0.2, 0.25) is 5.91 Å². The van der Waals surface area contributed by atoms with Crippen LogP contribution in [0, 0.1) is 0 Å². The summed E-state index contributed by atoms with van der Waals surface area (Å²) < 4.78 is 6.72. The van der Waals surface area contributed by atoms with E-state index < -0.39 is 0 Å². The van der Waals surface area contributed by atoms with E-state index in [0.717, 1.165) is 12.8 Å². The van der Waals surface area contributed by atoms with Crippen LogP contribution in [0.5, 0.6) is 0 Å². The molecule has 3 rings (SSSR count). The monoisotopic (exact) mass is 387 g/mol. The average molecular weight is 387 g/mol. The molecule has 0 saturated carbocycles. The van der Waals surface area contributed by atoms with E-state index in [4.69, 9.17) is 4.74 Å². The standard InChI is InChI=1S/C19H21N3O4S/c1-2-3-10-26-18(25)13-4-6-14(7-5-13)21-16(23)11-15-12-27-19-20-9-8-17(24)22(15)19/h4-9,15H,2-3,10-12H2,1H3,(H,21,23). The van der Waals surface area contributed by atoms with Crippen LogP contribution in [0.1, 0.15) is 42.6 Å². The first-order chi connectivity index (χ1) is 13.1. The number of anilines is 1. The number of aromatic nitrogens is 2. The first-order valence-electron chi connectivity index (χ1n) is 8.86. The molecular weight excluding hydrogens is 366 g/mol. The Morgan fingerprint density at radius 1 is 1.30 bits per heavy atom. The number of unbranched alkanes of at least 4 members (excludes halogenated alkanes) is 1. The van der Waals surface area contributed by atoms with Crippen molar-refractivity contribution in [3.05, 3.63) is 52.4 Å². The fraction of sp³-hybridized carbons (Fsp3) is 0.368. The van der Waals surface area contributed by atoms with E-state index >= 15 is 0 Å². The van der Waals surface area contributed by atoms with Gasteiger partial charge in [-0.25, -0.2) is 9.78 Å². The predicted molar refractivity (Wildman–Crippen MR) is 103 cm³/mol. The molecule has 2 aromatic rings. The fourth-order valence-corrected chi connectivity index (χ4v) is 3.87. The van der Waals surface area contributed by atoms with Crippen LogP contribution in [-0.4, -0.2) is 33.8 Å². The number of rotatable bonds is 7. The molecule has 0 aliphatic carbocycles. The fourth-order valence-electron chi connectivity index (χ4n) is 2.75. The smallest absolute Gasteiger partial charge is 0.338 e. The first-order valence-corrected chi connectivity index (χ1v) is 9.84. The van der Waals surface area contributed by atoms with E-state index in [2.05, 4.69) is 10.3 Å². The molecule has 0 fully saturated rings. The van der Waals surface area contributed by atoms with Crippen LogP contribution < -0.4 is 10.9 Å². The van der Waals surface area contributed by atoms with E-state index in [1.807, 2.05) is 6.92 Å². The number of carbonyl (C=O) groups is 2. The lowest BCUT2D eigenvalue weighted by Crippen LogP contribution is -2.26. The zero-order chi connectivity index (χ0) is 19.2. The Balaban J connectivity index is 1.56. The van der Waals surface area contributed by atoms with Crippen molar-refractivity contribution in [2.75, 3.05) is 17.7 Å². The van der Waals surface area contributed by atoms with E-state index in [1.165, 1.54) is 24.0 Å². The van der Waals surface area contributed by atoms with Crippen LogP contribution in [0.25, 0.3) is 0 Å². The number of nitrogens with one attached hydrogen (secondary N) is 1. The van der Waals surface area contributed by atoms with Gasteiger partial charge >= 0.3 is 5.97 Å². The molecule has 142 valence electrons. The minimum atomic E-state index is -0.368.